The molecule has 1 amide bonds. The number of ether oxygens (including phenoxy) is 1. The van der Waals surface area contributed by atoms with Crippen LogP contribution in [0.4, 0.5) is 5.13 Å². The average Bonchev–Trinajstić information content (AvgIpc) is 3.39. The van der Waals surface area contributed by atoms with Crippen LogP contribution in [0, 0.1) is 0 Å². The van der Waals surface area contributed by atoms with Crippen molar-refractivity contribution in [3.8, 4) is 5.75 Å². The van der Waals surface area contributed by atoms with Gasteiger partial charge in [0.15, 0.2) is 5.13 Å². The molecule has 0 atom stereocenters. The van der Waals surface area contributed by atoms with Gasteiger partial charge >= 0.3 is 0 Å². The minimum Gasteiger partial charge on any atom is -0.492 e. The Hall–Kier alpha value is -2.73. The molecule has 0 radical (unpaired) electrons. The van der Waals surface area contributed by atoms with Gasteiger partial charge in [0, 0.05) is 57.9 Å². The van der Waals surface area contributed by atoms with Gasteiger partial charge in [-0.2, -0.15) is 4.31 Å². The first-order valence-corrected chi connectivity index (χ1v) is 16.0. The van der Waals surface area contributed by atoms with E-state index >= 15 is 0 Å². The number of piperazine rings is 1. The lowest BCUT2D eigenvalue weighted by Gasteiger charge is -2.34. The van der Waals surface area contributed by atoms with Gasteiger partial charge in [-0.15, -0.1) is 0 Å². The van der Waals surface area contributed by atoms with Crippen LogP contribution in [0.3, 0.4) is 0 Å². The molecule has 0 spiro atoms. The molecule has 9 nitrogen and oxygen atoms in total. The number of sulfonamides is 1. The summed E-state index contributed by atoms with van der Waals surface area (Å²) in [4.78, 5) is 22.4. The molecule has 1 aromatic heterocycles. The number of hydrogen-bond donors (Lipinski definition) is 1. The van der Waals surface area contributed by atoms with E-state index in [1.54, 1.807) is 23.5 Å². The van der Waals surface area contributed by atoms with Crippen LogP contribution in [0.5, 0.6) is 5.75 Å². The molecule has 1 aliphatic rings. The van der Waals surface area contributed by atoms with Gasteiger partial charge in [-0.1, -0.05) is 31.3 Å². The van der Waals surface area contributed by atoms with Crippen LogP contribution in [0.15, 0.2) is 47.4 Å². The molecule has 1 fully saturated rings. The van der Waals surface area contributed by atoms with Crippen LogP contribution in [-0.2, 0) is 10.0 Å². The van der Waals surface area contributed by atoms with Crippen molar-refractivity contribution in [2.45, 2.75) is 38.5 Å². The number of fused-ring (bicyclic) bond motifs is 1. The molecule has 1 N–H and O–H groups in total. The second-order valence-electron chi connectivity index (χ2n) is 9.55. The van der Waals surface area contributed by atoms with Crippen molar-refractivity contribution in [3.05, 3.63) is 48.0 Å². The molecule has 1 saturated heterocycles. The largest absolute Gasteiger partial charge is 0.492 e. The third kappa shape index (κ3) is 7.08. The summed E-state index contributed by atoms with van der Waals surface area (Å²) in [6.07, 6.45) is 1.51. The molecule has 4 rings (SSSR count). The minimum absolute atomic E-state index is 0.198. The maximum absolute atomic E-state index is 12.9. The molecule has 0 unspecified atom stereocenters. The Morgan fingerprint density at radius 3 is 2.36 bits per heavy atom. The second kappa shape index (κ2) is 13.6. The summed E-state index contributed by atoms with van der Waals surface area (Å²) < 4.78 is 34.3. The Bertz CT molecular complexity index is 1330. The van der Waals surface area contributed by atoms with Crippen molar-refractivity contribution in [3.63, 3.8) is 0 Å². The highest BCUT2D eigenvalue weighted by Gasteiger charge is 2.24. The second-order valence-corrected chi connectivity index (χ2v) is 12.5. The molecule has 212 valence electrons. The van der Waals surface area contributed by atoms with E-state index in [0.717, 1.165) is 66.7 Å². The van der Waals surface area contributed by atoms with Crippen molar-refractivity contribution in [1.29, 1.82) is 0 Å². The fraction of sp³-hybridized carbons (Fsp3) is 0.500. The van der Waals surface area contributed by atoms with Gasteiger partial charge in [0.25, 0.3) is 5.91 Å². The first kappa shape index (κ1) is 29.3. The van der Waals surface area contributed by atoms with Crippen LogP contribution in [0.25, 0.3) is 10.2 Å². The fourth-order valence-electron chi connectivity index (χ4n) is 4.69. The van der Waals surface area contributed by atoms with Crippen molar-refractivity contribution < 1.29 is 17.9 Å². The number of aromatic nitrogens is 1. The highest BCUT2D eigenvalue weighted by atomic mass is 32.2. The van der Waals surface area contributed by atoms with Gasteiger partial charge in [0.1, 0.15) is 11.3 Å². The number of nitrogens with zero attached hydrogens (tertiary/aromatic N) is 4. The summed E-state index contributed by atoms with van der Waals surface area (Å²) in [5, 5.41) is 3.99. The molecule has 0 bridgehead atoms. The standard InChI is InChI=1S/C28H39N5O4S2/c1-4-15-33(16-5-2)39(35,36)23-12-10-22(11-13-23)27(34)29-14-17-31-18-20-32(21-19-31)28-30-26-24(37-6-3)8-7-9-25(26)38-28/h7-13H,4-6,14-21H2,1-3H3,(H,29,34). The van der Waals surface area contributed by atoms with E-state index in [4.69, 9.17) is 9.72 Å². The van der Waals surface area contributed by atoms with E-state index in [2.05, 4.69) is 21.2 Å². The zero-order valence-electron chi connectivity index (χ0n) is 23.1. The highest BCUT2D eigenvalue weighted by Crippen LogP contribution is 2.34. The Morgan fingerprint density at radius 2 is 1.72 bits per heavy atom. The Labute approximate surface area is 235 Å². The number of anilines is 1. The summed E-state index contributed by atoms with van der Waals surface area (Å²) in [6.45, 7) is 12.3. The highest BCUT2D eigenvalue weighted by molar-refractivity contribution is 7.89. The zero-order valence-corrected chi connectivity index (χ0v) is 24.7. The van der Waals surface area contributed by atoms with Gasteiger partial charge in [0.05, 0.1) is 16.2 Å². The monoisotopic (exact) mass is 573 g/mol. The molecule has 11 heteroatoms. The number of carbonyl (C=O) groups excluding carboxylic acids is 1. The lowest BCUT2D eigenvalue weighted by Crippen LogP contribution is -2.48. The molecular weight excluding hydrogens is 534 g/mol. The van der Waals surface area contributed by atoms with Crippen molar-refractivity contribution in [1.82, 2.24) is 19.5 Å². The lowest BCUT2D eigenvalue weighted by molar-refractivity contribution is 0.0947. The SMILES string of the molecule is CCCN(CCC)S(=O)(=O)c1ccc(C(=O)NCCN2CCN(c3nc4c(OCC)cccc4s3)CC2)cc1. The van der Waals surface area contributed by atoms with Crippen molar-refractivity contribution in [2.75, 3.05) is 63.9 Å². The molecule has 3 aromatic rings. The number of para-hydroxylation sites is 1. The van der Waals surface area contributed by atoms with E-state index < -0.39 is 10.0 Å². The maximum atomic E-state index is 12.9. The summed E-state index contributed by atoms with van der Waals surface area (Å²) in [7, 11) is -3.56. The summed E-state index contributed by atoms with van der Waals surface area (Å²) in [6, 6.07) is 12.3. The van der Waals surface area contributed by atoms with Crippen LogP contribution < -0.4 is 15.0 Å². The predicted octanol–water partition coefficient (Wildman–Crippen LogP) is 4.06. The fourth-order valence-corrected chi connectivity index (χ4v) is 7.35. The Morgan fingerprint density at radius 1 is 1.03 bits per heavy atom. The zero-order chi connectivity index (χ0) is 27.8. The van der Waals surface area contributed by atoms with Crippen molar-refractivity contribution >= 4 is 42.6 Å². The van der Waals surface area contributed by atoms with E-state index in [0.29, 0.717) is 31.8 Å². The molecule has 2 aromatic carbocycles. The third-order valence-corrected chi connectivity index (χ3v) is 9.72. The predicted molar refractivity (Wildman–Crippen MR) is 158 cm³/mol. The normalized spacial score (nSPS) is 14.7. The Balaban J connectivity index is 1.25. The van der Waals surface area contributed by atoms with Crippen LogP contribution in [0.2, 0.25) is 0 Å². The van der Waals surface area contributed by atoms with Gasteiger partial charge in [0.2, 0.25) is 10.0 Å². The smallest absolute Gasteiger partial charge is 0.251 e. The van der Waals surface area contributed by atoms with E-state index in [1.807, 2.05) is 32.9 Å². The minimum atomic E-state index is -3.56. The molecular formula is C28H39N5O4S2. The van der Waals surface area contributed by atoms with Gasteiger partial charge in [-0.05, 0) is 56.2 Å². The van der Waals surface area contributed by atoms with Crippen molar-refractivity contribution in [2.24, 2.45) is 0 Å². The molecule has 1 aliphatic heterocycles. The van der Waals surface area contributed by atoms with Crippen LogP contribution in [-0.4, -0.2) is 87.5 Å². The van der Waals surface area contributed by atoms with Gasteiger partial charge in [-0.25, -0.2) is 13.4 Å². The first-order valence-electron chi connectivity index (χ1n) is 13.7. The average molecular weight is 574 g/mol. The molecule has 2 heterocycles. The number of rotatable bonds is 13. The van der Waals surface area contributed by atoms with E-state index in [-0.39, 0.29) is 10.8 Å². The third-order valence-electron chi connectivity index (χ3n) is 6.73. The van der Waals surface area contributed by atoms with E-state index in [9.17, 15) is 13.2 Å². The number of amides is 1. The van der Waals surface area contributed by atoms with E-state index in [1.165, 1.54) is 16.4 Å². The van der Waals surface area contributed by atoms with Gasteiger partial charge in [-0.3, -0.25) is 9.69 Å². The van der Waals surface area contributed by atoms with Crippen LogP contribution in [0.1, 0.15) is 44.0 Å². The molecule has 39 heavy (non-hydrogen) atoms. The summed E-state index contributed by atoms with van der Waals surface area (Å²) >= 11 is 1.69. The summed E-state index contributed by atoms with van der Waals surface area (Å²) in [5.41, 5.74) is 1.38. The number of hydrogen-bond acceptors (Lipinski definition) is 8. The first-order chi connectivity index (χ1) is 18.9. The van der Waals surface area contributed by atoms with Crippen LogP contribution >= 0.6 is 11.3 Å². The maximum Gasteiger partial charge on any atom is 0.251 e. The molecule has 0 saturated carbocycles. The quantitative estimate of drug-likeness (QED) is 0.330. The van der Waals surface area contributed by atoms with Gasteiger partial charge < -0.3 is 15.0 Å². The summed E-state index contributed by atoms with van der Waals surface area (Å²) in [5.74, 6) is 0.634. The number of benzene rings is 2. The lowest BCUT2D eigenvalue weighted by atomic mass is 10.2. The topological polar surface area (TPSA) is 95.1 Å². The number of nitrogens with one attached hydrogen (secondary N) is 1. The number of carbonyl (C=O) groups is 1. The Kier molecular flexibility index (Phi) is 10.2. The number of thiazole rings is 1. The molecule has 0 aliphatic carbocycles.